The number of hydrogen-bond donors (Lipinski definition) is 1. The van der Waals surface area contributed by atoms with Gasteiger partial charge in [-0.1, -0.05) is 0 Å². The van der Waals surface area contributed by atoms with Crippen LogP contribution in [-0.4, -0.2) is 16.1 Å². The molecule has 10 heavy (non-hydrogen) atoms. The Hall–Kier alpha value is -0.540. The summed E-state index contributed by atoms with van der Waals surface area (Å²) in [6.07, 6.45) is 6.54. The summed E-state index contributed by atoms with van der Waals surface area (Å²) < 4.78 is 2.02. The second kappa shape index (κ2) is 4.30. The third-order valence-electron chi connectivity index (χ3n) is 1.25. The van der Waals surface area contributed by atoms with E-state index < -0.39 is 0 Å². The minimum absolute atomic E-state index is 0.833. The quantitative estimate of drug-likeness (QED) is 0.525. The zero-order valence-corrected chi connectivity index (χ0v) is 6.38. The van der Waals surface area contributed by atoms with Crippen molar-refractivity contribution >= 4 is 11.8 Å². The molecule has 56 valence electrons. The molecule has 0 saturated carbocycles. The van der Waals surface area contributed by atoms with Gasteiger partial charge in [-0.15, -0.1) is 0 Å². The number of aryl methyl sites for hydroxylation is 1. The fraction of sp³-hybridized carbons (Fsp3) is 0.500. The van der Waals surface area contributed by atoms with Gasteiger partial charge in [-0.25, -0.2) is 9.82 Å². The third kappa shape index (κ3) is 2.37. The number of nitrogens with one attached hydrogen (secondary N) is 1. The number of hydrogen-bond acceptors (Lipinski definition) is 2. The summed E-state index contributed by atoms with van der Waals surface area (Å²) in [5.74, 6) is 0. The number of rotatable bonds is 4. The molecule has 0 spiro atoms. The molecule has 4 heteroatoms. The lowest BCUT2D eigenvalue weighted by atomic mass is 10.4. The van der Waals surface area contributed by atoms with Crippen LogP contribution in [0.25, 0.3) is 0 Å². The van der Waals surface area contributed by atoms with Crippen molar-refractivity contribution in [1.82, 2.24) is 14.4 Å². The second-order valence-corrected chi connectivity index (χ2v) is 2.30. The molecule has 1 aromatic rings. The van der Waals surface area contributed by atoms with Gasteiger partial charge in [-0.05, 0) is 18.2 Å². The van der Waals surface area contributed by atoms with Gasteiger partial charge in [0.25, 0.3) is 0 Å². The van der Waals surface area contributed by atoms with Crippen molar-refractivity contribution in [2.75, 3.05) is 6.54 Å². The molecule has 0 aliphatic carbocycles. The van der Waals surface area contributed by atoms with Crippen LogP contribution in [0.4, 0.5) is 0 Å². The van der Waals surface area contributed by atoms with Crippen molar-refractivity contribution in [3.63, 3.8) is 0 Å². The number of imidazole rings is 1. The Morgan fingerprint density at radius 1 is 1.60 bits per heavy atom. The first kappa shape index (κ1) is 7.57. The van der Waals surface area contributed by atoms with Gasteiger partial charge in [-0.3, -0.25) is 0 Å². The maximum atomic E-state index is 5.27. The van der Waals surface area contributed by atoms with Crippen LogP contribution >= 0.6 is 11.8 Å². The van der Waals surface area contributed by atoms with E-state index in [9.17, 15) is 0 Å². The van der Waals surface area contributed by atoms with E-state index in [4.69, 9.17) is 11.8 Å². The Bertz CT molecular complexity index is 162. The molecular formula is C6H10ClN3. The Balaban J connectivity index is 2.15. The zero-order chi connectivity index (χ0) is 7.23. The highest BCUT2D eigenvalue weighted by Gasteiger charge is 1.87. The monoisotopic (exact) mass is 159 g/mol. The molecular weight excluding hydrogens is 150 g/mol. The average molecular weight is 160 g/mol. The molecule has 0 aliphatic heterocycles. The molecule has 0 aliphatic rings. The van der Waals surface area contributed by atoms with E-state index in [2.05, 4.69) is 9.82 Å². The van der Waals surface area contributed by atoms with Gasteiger partial charge in [0.2, 0.25) is 0 Å². The minimum Gasteiger partial charge on any atom is -0.337 e. The van der Waals surface area contributed by atoms with Crippen molar-refractivity contribution in [2.45, 2.75) is 13.0 Å². The largest absolute Gasteiger partial charge is 0.337 e. The first-order valence-electron chi connectivity index (χ1n) is 3.22. The highest BCUT2D eigenvalue weighted by molar-refractivity contribution is 6.13. The number of aromatic nitrogens is 2. The summed E-state index contributed by atoms with van der Waals surface area (Å²) in [5, 5.41) is 0. The van der Waals surface area contributed by atoms with Crippen LogP contribution in [0, 0.1) is 0 Å². The molecule has 0 aromatic carbocycles. The first-order chi connectivity index (χ1) is 4.93. The topological polar surface area (TPSA) is 29.9 Å². The van der Waals surface area contributed by atoms with Crippen molar-refractivity contribution in [2.24, 2.45) is 0 Å². The van der Waals surface area contributed by atoms with E-state index in [-0.39, 0.29) is 0 Å². The van der Waals surface area contributed by atoms with Gasteiger partial charge < -0.3 is 4.57 Å². The lowest BCUT2D eigenvalue weighted by molar-refractivity contribution is 0.636. The van der Waals surface area contributed by atoms with E-state index in [1.165, 1.54) is 0 Å². The van der Waals surface area contributed by atoms with Gasteiger partial charge in [0, 0.05) is 25.5 Å². The molecule has 0 radical (unpaired) electrons. The normalized spacial score (nSPS) is 10.1. The van der Waals surface area contributed by atoms with Crippen LogP contribution in [0.5, 0.6) is 0 Å². The van der Waals surface area contributed by atoms with Crippen LogP contribution in [0.2, 0.25) is 0 Å². The fourth-order valence-corrected chi connectivity index (χ4v) is 0.881. The molecule has 0 amide bonds. The maximum Gasteiger partial charge on any atom is 0.0945 e. The number of halogens is 1. The minimum atomic E-state index is 0.833. The predicted octanol–water partition coefficient (Wildman–Crippen LogP) is 1.02. The molecule has 0 atom stereocenters. The summed E-state index contributed by atoms with van der Waals surface area (Å²) in [6.45, 7) is 1.81. The van der Waals surface area contributed by atoms with E-state index in [0.717, 1.165) is 19.5 Å². The van der Waals surface area contributed by atoms with Crippen LogP contribution in [-0.2, 0) is 6.54 Å². The van der Waals surface area contributed by atoms with E-state index in [1.807, 2.05) is 10.8 Å². The van der Waals surface area contributed by atoms with E-state index in [1.54, 1.807) is 12.5 Å². The first-order valence-corrected chi connectivity index (χ1v) is 3.60. The highest BCUT2D eigenvalue weighted by atomic mass is 35.5. The van der Waals surface area contributed by atoms with Gasteiger partial charge >= 0.3 is 0 Å². The van der Waals surface area contributed by atoms with Gasteiger partial charge in [0.05, 0.1) is 6.33 Å². The summed E-state index contributed by atoms with van der Waals surface area (Å²) in [7, 11) is 0. The average Bonchev–Trinajstić information content (AvgIpc) is 2.41. The van der Waals surface area contributed by atoms with Crippen LogP contribution in [0.15, 0.2) is 18.7 Å². The lowest BCUT2D eigenvalue weighted by Gasteiger charge is -1.98. The smallest absolute Gasteiger partial charge is 0.0945 e. The zero-order valence-electron chi connectivity index (χ0n) is 5.63. The van der Waals surface area contributed by atoms with Crippen molar-refractivity contribution < 1.29 is 0 Å². The van der Waals surface area contributed by atoms with Gasteiger partial charge in [-0.2, -0.15) is 0 Å². The van der Waals surface area contributed by atoms with Crippen molar-refractivity contribution in [3.05, 3.63) is 18.7 Å². The Morgan fingerprint density at radius 2 is 2.50 bits per heavy atom. The SMILES string of the molecule is ClNCCCn1ccnc1. The fourth-order valence-electron chi connectivity index (χ4n) is 0.747. The summed E-state index contributed by atoms with van der Waals surface area (Å²) in [4.78, 5) is 6.48. The van der Waals surface area contributed by atoms with E-state index >= 15 is 0 Å². The summed E-state index contributed by atoms with van der Waals surface area (Å²) in [5.41, 5.74) is 0. The molecule has 3 nitrogen and oxygen atoms in total. The maximum absolute atomic E-state index is 5.27. The summed E-state index contributed by atoms with van der Waals surface area (Å²) in [6, 6.07) is 0. The van der Waals surface area contributed by atoms with Crippen LogP contribution in [0.1, 0.15) is 6.42 Å². The Morgan fingerprint density at radius 3 is 3.10 bits per heavy atom. The molecule has 1 N–H and O–H groups in total. The molecule has 1 aromatic heterocycles. The standard InChI is InChI=1S/C6H10ClN3/c7-9-2-1-4-10-5-3-8-6-10/h3,5-6,9H,1-2,4H2. The molecule has 0 unspecified atom stereocenters. The molecule has 1 heterocycles. The van der Waals surface area contributed by atoms with Crippen LogP contribution in [0.3, 0.4) is 0 Å². The van der Waals surface area contributed by atoms with Crippen molar-refractivity contribution in [1.29, 1.82) is 0 Å². The second-order valence-electron chi connectivity index (χ2n) is 2.04. The third-order valence-corrected chi connectivity index (χ3v) is 1.44. The molecule has 0 saturated heterocycles. The van der Waals surface area contributed by atoms with Gasteiger partial charge in [0.15, 0.2) is 0 Å². The number of nitrogens with zero attached hydrogens (tertiary/aromatic N) is 2. The highest BCUT2D eigenvalue weighted by Crippen LogP contribution is 1.88. The van der Waals surface area contributed by atoms with Crippen LogP contribution < -0.4 is 4.84 Å². The van der Waals surface area contributed by atoms with E-state index in [0.29, 0.717) is 0 Å². The molecule has 0 bridgehead atoms. The van der Waals surface area contributed by atoms with Crippen molar-refractivity contribution in [3.8, 4) is 0 Å². The molecule has 0 fully saturated rings. The summed E-state index contributed by atoms with van der Waals surface area (Å²) >= 11 is 5.27. The Labute approximate surface area is 65.1 Å². The Kier molecular flexibility index (Phi) is 3.26. The molecule has 1 rings (SSSR count). The predicted molar refractivity (Wildman–Crippen MR) is 40.7 cm³/mol. The lowest BCUT2D eigenvalue weighted by Crippen LogP contribution is -2.05. The van der Waals surface area contributed by atoms with Gasteiger partial charge in [0.1, 0.15) is 0 Å².